The summed E-state index contributed by atoms with van der Waals surface area (Å²) in [5.74, 6) is -1.23. The van der Waals surface area contributed by atoms with Crippen molar-refractivity contribution in [3.05, 3.63) is 23.5 Å². The molecule has 0 spiro atoms. The third-order valence-corrected chi connectivity index (χ3v) is 4.07. The molecular weight excluding hydrogens is 244 g/mol. The minimum atomic E-state index is -1.09. The Morgan fingerprint density at radius 1 is 1.26 bits per heavy atom. The van der Waals surface area contributed by atoms with Crippen LogP contribution in [0.1, 0.15) is 48.3 Å². The standard InChI is InChI=1S/C14H20N2O3/c1-10-6-7-11(16(10)2)12(17)15-14(13(18)19)8-4-3-5-9-14/h6-7H,3-5,8-9H2,1-2H3,(H,15,17)(H,18,19). The van der Waals surface area contributed by atoms with Gasteiger partial charge in [-0.1, -0.05) is 19.3 Å². The van der Waals surface area contributed by atoms with Crippen LogP contribution in [-0.2, 0) is 11.8 Å². The van der Waals surface area contributed by atoms with Crippen molar-refractivity contribution < 1.29 is 14.7 Å². The number of carbonyl (C=O) groups is 2. The maximum Gasteiger partial charge on any atom is 0.329 e. The molecule has 1 aliphatic carbocycles. The molecule has 0 saturated heterocycles. The molecule has 0 atom stereocenters. The lowest BCUT2D eigenvalue weighted by Gasteiger charge is -2.34. The van der Waals surface area contributed by atoms with Gasteiger partial charge in [0.15, 0.2) is 0 Å². The summed E-state index contributed by atoms with van der Waals surface area (Å²) in [6.07, 6.45) is 3.75. The zero-order valence-electron chi connectivity index (χ0n) is 11.4. The molecule has 0 bridgehead atoms. The van der Waals surface area contributed by atoms with E-state index in [9.17, 15) is 14.7 Å². The maximum absolute atomic E-state index is 12.3. The van der Waals surface area contributed by atoms with Gasteiger partial charge in [-0.3, -0.25) is 4.79 Å². The van der Waals surface area contributed by atoms with Crippen molar-refractivity contribution in [2.75, 3.05) is 0 Å². The van der Waals surface area contributed by atoms with Gasteiger partial charge in [0, 0.05) is 12.7 Å². The van der Waals surface area contributed by atoms with E-state index in [0.717, 1.165) is 25.0 Å². The monoisotopic (exact) mass is 264 g/mol. The number of carboxylic acid groups (broad SMARTS) is 1. The Bertz CT molecular complexity index is 499. The summed E-state index contributed by atoms with van der Waals surface area (Å²) in [6.45, 7) is 1.91. The van der Waals surface area contributed by atoms with Crippen LogP contribution in [0.2, 0.25) is 0 Å². The number of aliphatic carboxylic acids is 1. The van der Waals surface area contributed by atoms with Crippen LogP contribution in [0.25, 0.3) is 0 Å². The van der Waals surface area contributed by atoms with E-state index in [0.29, 0.717) is 18.5 Å². The number of hydrogen-bond acceptors (Lipinski definition) is 2. The van der Waals surface area contributed by atoms with Gasteiger partial charge < -0.3 is 15.0 Å². The Morgan fingerprint density at radius 3 is 2.37 bits per heavy atom. The highest BCUT2D eigenvalue weighted by Gasteiger charge is 2.41. The van der Waals surface area contributed by atoms with Crippen molar-refractivity contribution in [1.29, 1.82) is 0 Å². The number of aryl methyl sites for hydroxylation is 1. The zero-order valence-corrected chi connectivity index (χ0v) is 11.4. The average Bonchev–Trinajstić information content (AvgIpc) is 2.71. The SMILES string of the molecule is Cc1ccc(C(=O)NC2(C(=O)O)CCCCC2)n1C. The Hall–Kier alpha value is -1.78. The third kappa shape index (κ3) is 2.50. The fourth-order valence-electron chi connectivity index (χ4n) is 2.67. The first-order valence-corrected chi connectivity index (χ1v) is 6.64. The van der Waals surface area contributed by atoms with Crippen molar-refractivity contribution in [1.82, 2.24) is 9.88 Å². The van der Waals surface area contributed by atoms with E-state index in [-0.39, 0.29) is 5.91 Å². The predicted octanol–water partition coefficient (Wildman–Crippen LogP) is 1.85. The molecule has 0 aromatic carbocycles. The molecule has 1 saturated carbocycles. The minimum Gasteiger partial charge on any atom is -0.480 e. The summed E-state index contributed by atoms with van der Waals surface area (Å²) in [5.41, 5.74) is 0.384. The average molecular weight is 264 g/mol. The topological polar surface area (TPSA) is 71.3 Å². The highest BCUT2D eigenvalue weighted by molar-refractivity contribution is 5.96. The number of nitrogens with one attached hydrogen (secondary N) is 1. The molecule has 1 amide bonds. The molecule has 2 N–H and O–H groups in total. The molecule has 19 heavy (non-hydrogen) atoms. The number of aromatic nitrogens is 1. The van der Waals surface area contributed by atoms with Crippen molar-refractivity contribution in [3.8, 4) is 0 Å². The second-order valence-corrected chi connectivity index (χ2v) is 5.32. The molecule has 0 radical (unpaired) electrons. The van der Waals surface area contributed by atoms with Gasteiger partial charge in [0.1, 0.15) is 11.2 Å². The summed E-state index contributed by atoms with van der Waals surface area (Å²) >= 11 is 0. The number of rotatable bonds is 3. The molecule has 1 aromatic heterocycles. The molecular formula is C14H20N2O3. The molecule has 5 nitrogen and oxygen atoms in total. The quantitative estimate of drug-likeness (QED) is 0.875. The van der Waals surface area contributed by atoms with Gasteiger partial charge >= 0.3 is 5.97 Å². The van der Waals surface area contributed by atoms with Crippen LogP contribution >= 0.6 is 0 Å². The number of amides is 1. The van der Waals surface area contributed by atoms with Crippen molar-refractivity contribution >= 4 is 11.9 Å². The van der Waals surface area contributed by atoms with Gasteiger partial charge in [-0.15, -0.1) is 0 Å². The Labute approximate surface area is 112 Å². The molecule has 0 aliphatic heterocycles. The van der Waals surface area contributed by atoms with Gasteiger partial charge in [0.05, 0.1) is 0 Å². The maximum atomic E-state index is 12.3. The van der Waals surface area contributed by atoms with E-state index in [1.807, 2.05) is 13.0 Å². The van der Waals surface area contributed by atoms with Crippen molar-refractivity contribution in [2.45, 2.75) is 44.6 Å². The van der Waals surface area contributed by atoms with Crippen LogP contribution in [0.3, 0.4) is 0 Å². The van der Waals surface area contributed by atoms with Crippen LogP contribution < -0.4 is 5.32 Å². The highest BCUT2D eigenvalue weighted by atomic mass is 16.4. The lowest BCUT2D eigenvalue weighted by molar-refractivity contribution is -0.145. The summed E-state index contributed by atoms with van der Waals surface area (Å²) < 4.78 is 1.77. The van der Waals surface area contributed by atoms with Crippen LogP contribution in [0, 0.1) is 6.92 Å². The first-order valence-electron chi connectivity index (χ1n) is 6.64. The Morgan fingerprint density at radius 2 is 1.89 bits per heavy atom. The number of carboxylic acids is 1. The minimum absolute atomic E-state index is 0.306. The second kappa shape index (κ2) is 5.07. The van der Waals surface area contributed by atoms with Gasteiger partial charge in [0.25, 0.3) is 5.91 Å². The molecule has 0 unspecified atom stereocenters. The lowest BCUT2D eigenvalue weighted by Crippen LogP contribution is -2.55. The molecule has 5 heteroatoms. The van der Waals surface area contributed by atoms with Gasteiger partial charge in [0.2, 0.25) is 0 Å². The summed E-state index contributed by atoms with van der Waals surface area (Å²) in [4.78, 5) is 23.8. The van der Waals surface area contributed by atoms with Gasteiger partial charge in [-0.25, -0.2) is 4.79 Å². The smallest absolute Gasteiger partial charge is 0.329 e. The zero-order chi connectivity index (χ0) is 14.0. The molecule has 1 aromatic rings. The third-order valence-electron chi connectivity index (χ3n) is 4.07. The highest BCUT2D eigenvalue weighted by Crippen LogP contribution is 2.29. The van der Waals surface area contributed by atoms with E-state index < -0.39 is 11.5 Å². The summed E-state index contributed by atoms with van der Waals surface area (Å²) in [5, 5.41) is 12.2. The summed E-state index contributed by atoms with van der Waals surface area (Å²) in [7, 11) is 1.80. The summed E-state index contributed by atoms with van der Waals surface area (Å²) in [6, 6.07) is 3.58. The largest absolute Gasteiger partial charge is 0.480 e. The van der Waals surface area contributed by atoms with E-state index in [2.05, 4.69) is 5.32 Å². The molecule has 104 valence electrons. The number of carbonyl (C=O) groups excluding carboxylic acids is 1. The Kier molecular flexibility index (Phi) is 3.64. The Balaban J connectivity index is 2.20. The normalized spacial score (nSPS) is 18.0. The van der Waals surface area contributed by atoms with E-state index in [4.69, 9.17) is 0 Å². The van der Waals surface area contributed by atoms with Gasteiger partial charge in [-0.2, -0.15) is 0 Å². The van der Waals surface area contributed by atoms with Crippen LogP contribution in [0.5, 0.6) is 0 Å². The van der Waals surface area contributed by atoms with E-state index >= 15 is 0 Å². The van der Waals surface area contributed by atoms with Crippen molar-refractivity contribution in [2.24, 2.45) is 7.05 Å². The predicted molar refractivity (Wildman–Crippen MR) is 71.1 cm³/mol. The van der Waals surface area contributed by atoms with E-state index in [1.54, 1.807) is 17.7 Å². The van der Waals surface area contributed by atoms with Crippen LogP contribution in [0.4, 0.5) is 0 Å². The first kappa shape index (κ1) is 13.6. The lowest BCUT2D eigenvalue weighted by atomic mass is 9.81. The number of nitrogens with zero attached hydrogens (tertiary/aromatic N) is 1. The first-order chi connectivity index (χ1) is 8.96. The molecule has 1 heterocycles. The van der Waals surface area contributed by atoms with E-state index in [1.165, 1.54) is 0 Å². The number of hydrogen-bond donors (Lipinski definition) is 2. The van der Waals surface area contributed by atoms with Crippen LogP contribution in [-0.4, -0.2) is 27.1 Å². The second-order valence-electron chi connectivity index (χ2n) is 5.32. The fourth-order valence-corrected chi connectivity index (χ4v) is 2.67. The molecule has 1 fully saturated rings. The molecule has 1 aliphatic rings. The van der Waals surface area contributed by atoms with Crippen molar-refractivity contribution in [3.63, 3.8) is 0 Å². The van der Waals surface area contributed by atoms with Gasteiger partial charge in [-0.05, 0) is 31.9 Å². The fraction of sp³-hybridized carbons (Fsp3) is 0.571. The molecule has 2 rings (SSSR count). The van der Waals surface area contributed by atoms with Crippen LogP contribution in [0.15, 0.2) is 12.1 Å².